The third-order valence-corrected chi connectivity index (χ3v) is 5.20. The second kappa shape index (κ2) is 8.65. The summed E-state index contributed by atoms with van der Waals surface area (Å²) in [6.07, 6.45) is 1.66. The van der Waals surface area contributed by atoms with Gasteiger partial charge in [-0.3, -0.25) is 10.2 Å². The lowest BCUT2D eigenvalue weighted by Gasteiger charge is -2.07. The second-order valence-electron chi connectivity index (χ2n) is 5.34. The highest BCUT2D eigenvalue weighted by Gasteiger charge is 2.15. The minimum atomic E-state index is -0.142. The number of benzene rings is 1. The van der Waals surface area contributed by atoms with Crippen LogP contribution in [0.4, 0.5) is 10.1 Å². The molecule has 0 fully saturated rings. The van der Waals surface area contributed by atoms with Crippen LogP contribution in [0.25, 0.3) is 10.6 Å². The quantitative estimate of drug-likeness (QED) is 0.455. The lowest BCUT2D eigenvalue weighted by Crippen LogP contribution is -2.04. The van der Waals surface area contributed by atoms with Crippen LogP contribution in [0.15, 0.2) is 40.8 Å². The third kappa shape index (κ3) is 4.63. The number of aromatic nitrogens is 1. The van der Waals surface area contributed by atoms with Crippen LogP contribution in [0.3, 0.4) is 0 Å². The number of thiophene rings is 1. The summed E-state index contributed by atoms with van der Waals surface area (Å²) >= 11 is 2.89. The van der Waals surface area contributed by atoms with Crippen LogP contribution in [-0.4, -0.2) is 31.3 Å². The summed E-state index contributed by atoms with van der Waals surface area (Å²) in [4.78, 5) is 17.0. The Hall–Kier alpha value is -2.91. The Morgan fingerprint density at radius 3 is 2.70 bits per heavy atom. The number of rotatable bonds is 7. The van der Waals surface area contributed by atoms with Gasteiger partial charge in [0.1, 0.15) is 10.7 Å². The zero-order valence-corrected chi connectivity index (χ0v) is 16.6. The van der Waals surface area contributed by atoms with Gasteiger partial charge in [-0.15, -0.1) is 11.3 Å². The van der Waals surface area contributed by atoms with E-state index < -0.39 is 0 Å². The fraction of sp³-hybridized carbons (Fsp3) is 0.167. The van der Waals surface area contributed by atoms with Gasteiger partial charge >= 0.3 is 0 Å². The number of hydrogen-bond donors (Lipinski definition) is 2. The van der Waals surface area contributed by atoms with E-state index in [-0.39, 0.29) is 5.91 Å². The van der Waals surface area contributed by atoms with E-state index in [2.05, 4.69) is 20.8 Å². The van der Waals surface area contributed by atoms with E-state index in [0.717, 1.165) is 16.1 Å². The van der Waals surface area contributed by atoms with E-state index in [9.17, 15) is 4.79 Å². The lowest BCUT2D eigenvalue weighted by atomic mass is 10.2. The Bertz CT molecular complexity index is 952. The molecule has 0 bridgehead atoms. The second-order valence-corrected chi connectivity index (χ2v) is 7.29. The number of ether oxygens (including phenoxy) is 2. The molecule has 1 aromatic carbocycles. The van der Waals surface area contributed by atoms with E-state index in [0.29, 0.717) is 21.6 Å². The zero-order chi connectivity index (χ0) is 19.2. The van der Waals surface area contributed by atoms with Gasteiger partial charge in [-0.05, 0) is 35.2 Å². The Kier molecular flexibility index (Phi) is 6.05. The summed E-state index contributed by atoms with van der Waals surface area (Å²) in [5.74, 6) is 1.14. The van der Waals surface area contributed by atoms with E-state index in [4.69, 9.17) is 9.47 Å². The molecule has 0 spiro atoms. The Morgan fingerprint density at radius 1 is 1.22 bits per heavy atom. The normalized spacial score (nSPS) is 10.8. The zero-order valence-electron chi connectivity index (χ0n) is 15.0. The van der Waals surface area contributed by atoms with E-state index in [1.54, 1.807) is 31.8 Å². The van der Waals surface area contributed by atoms with Crippen LogP contribution in [-0.2, 0) is 4.79 Å². The van der Waals surface area contributed by atoms with Crippen molar-refractivity contribution in [1.29, 1.82) is 0 Å². The summed E-state index contributed by atoms with van der Waals surface area (Å²) in [6, 6.07) is 9.41. The number of carbonyl (C=O) groups is 1. The largest absolute Gasteiger partial charge is 0.493 e. The van der Waals surface area contributed by atoms with Gasteiger partial charge in [-0.25, -0.2) is 4.98 Å². The summed E-state index contributed by atoms with van der Waals surface area (Å²) in [5.41, 5.74) is 4.49. The molecular weight excluding hydrogens is 384 g/mol. The topological polar surface area (TPSA) is 84.8 Å². The molecule has 9 heteroatoms. The van der Waals surface area contributed by atoms with Gasteiger partial charge in [-0.2, -0.15) is 5.10 Å². The summed E-state index contributed by atoms with van der Waals surface area (Å²) in [6.45, 7) is 1.47. The highest BCUT2D eigenvalue weighted by molar-refractivity contribution is 7.21. The van der Waals surface area contributed by atoms with Crippen LogP contribution >= 0.6 is 22.7 Å². The number of amides is 1. The van der Waals surface area contributed by atoms with Crippen LogP contribution in [0.2, 0.25) is 0 Å². The van der Waals surface area contributed by atoms with E-state index in [1.807, 2.05) is 35.7 Å². The van der Waals surface area contributed by atoms with Crippen molar-refractivity contribution >= 4 is 44.9 Å². The average molecular weight is 403 g/mol. The maximum absolute atomic E-state index is 11.5. The molecule has 0 atom stereocenters. The minimum Gasteiger partial charge on any atom is -0.493 e. The van der Waals surface area contributed by atoms with Crippen molar-refractivity contribution in [2.75, 3.05) is 25.0 Å². The first kappa shape index (κ1) is 18.9. The number of methoxy groups -OCH3 is 2. The van der Waals surface area contributed by atoms with Crippen molar-refractivity contribution in [1.82, 2.24) is 4.98 Å². The van der Waals surface area contributed by atoms with Crippen LogP contribution < -0.4 is 20.2 Å². The number of anilines is 2. The fourth-order valence-electron chi connectivity index (χ4n) is 2.29. The summed E-state index contributed by atoms with van der Waals surface area (Å²) in [5, 5.41) is 10.3. The highest BCUT2D eigenvalue weighted by atomic mass is 32.1. The van der Waals surface area contributed by atoms with Gasteiger partial charge in [-0.1, -0.05) is 17.4 Å². The average Bonchev–Trinajstić information content (AvgIpc) is 3.31. The van der Waals surface area contributed by atoms with E-state index in [1.165, 1.54) is 18.3 Å². The smallest absolute Gasteiger partial charge is 0.221 e. The standard InChI is InChI=1S/C18H18N4O3S2/c1-11(23)20-17-16(15-5-4-8-26-15)21-18(27-17)22-19-10-12-6-7-13(24-2)14(9-12)25-3/h4-10H,1-3H3,(H,20,23)(H,21,22)/b19-10-. The molecule has 0 saturated carbocycles. The number of hydrazone groups is 1. The first-order valence-corrected chi connectivity index (χ1v) is 9.63. The summed E-state index contributed by atoms with van der Waals surface area (Å²) in [7, 11) is 3.18. The van der Waals surface area contributed by atoms with Crippen molar-refractivity contribution in [3.8, 4) is 22.1 Å². The predicted octanol–water partition coefficient (Wildman–Crippen LogP) is 4.29. The van der Waals surface area contributed by atoms with Gasteiger partial charge < -0.3 is 14.8 Å². The van der Waals surface area contributed by atoms with Gasteiger partial charge in [0.25, 0.3) is 0 Å². The molecule has 2 N–H and O–H groups in total. The maximum atomic E-state index is 11.5. The molecule has 3 rings (SSSR count). The summed E-state index contributed by atoms with van der Waals surface area (Å²) < 4.78 is 10.5. The van der Waals surface area contributed by atoms with E-state index >= 15 is 0 Å². The number of hydrogen-bond acceptors (Lipinski definition) is 8. The fourth-order valence-corrected chi connectivity index (χ4v) is 3.95. The first-order chi connectivity index (χ1) is 13.1. The maximum Gasteiger partial charge on any atom is 0.221 e. The molecule has 0 aliphatic heterocycles. The highest BCUT2D eigenvalue weighted by Crippen LogP contribution is 2.38. The number of nitrogens with one attached hydrogen (secondary N) is 2. The van der Waals surface area contributed by atoms with Gasteiger partial charge in [0, 0.05) is 6.92 Å². The molecule has 0 aliphatic carbocycles. The molecule has 0 saturated heterocycles. The van der Waals surface area contributed by atoms with Crippen molar-refractivity contribution < 1.29 is 14.3 Å². The molecular formula is C18H18N4O3S2. The van der Waals surface area contributed by atoms with Gasteiger partial charge in [0.15, 0.2) is 11.5 Å². The SMILES string of the molecule is COc1ccc(/C=N\Nc2nc(-c3cccs3)c(NC(C)=O)s2)cc1OC. The van der Waals surface area contributed by atoms with Crippen LogP contribution in [0, 0.1) is 0 Å². The first-order valence-electron chi connectivity index (χ1n) is 7.94. The van der Waals surface area contributed by atoms with Crippen molar-refractivity contribution in [2.24, 2.45) is 5.10 Å². The minimum absolute atomic E-state index is 0.142. The van der Waals surface area contributed by atoms with Crippen molar-refractivity contribution in [3.63, 3.8) is 0 Å². The lowest BCUT2D eigenvalue weighted by molar-refractivity contribution is -0.114. The van der Waals surface area contributed by atoms with Gasteiger partial charge in [0.05, 0.1) is 25.3 Å². The Labute approximate surface area is 164 Å². The molecule has 0 aliphatic rings. The Morgan fingerprint density at radius 2 is 2.04 bits per heavy atom. The molecule has 0 radical (unpaired) electrons. The predicted molar refractivity (Wildman–Crippen MR) is 110 cm³/mol. The monoisotopic (exact) mass is 402 g/mol. The van der Waals surface area contributed by atoms with Crippen molar-refractivity contribution in [3.05, 3.63) is 41.3 Å². The molecule has 3 aromatic rings. The third-order valence-electron chi connectivity index (χ3n) is 3.45. The molecule has 1 amide bonds. The molecule has 27 heavy (non-hydrogen) atoms. The molecule has 0 unspecified atom stereocenters. The number of carbonyl (C=O) groups excluding carboxylic acids is 1. The van der Waals surface area contributed by atoms with Crippen molar-refractivity contribution in [2.45, 2.75) is 6.92 Å². The molecule has 2 aromatic heterocycles. The molecule has 140 valence electrons. The number of nitrogens with zero attached hydrogens (tertiary/aromatic N) is 2. The van der Waals surface area contributed by atoms with Crippen LogP contribution in [0.1, 0.15) is 12.5 Å². The molecule has 2 heterocycles. The number of thiazole rings is 1. The van der Waals surface area contributed by atoms with Gasteiger partial charge in [0.2, 0.25) is 11.0 Å². The Balaban J connectivity index is 1.78. The van der Waals surface area contributed by atoms with Crippen LogP contribution in [0.5, 0.6) is 11.5 Å². The molecule has 7 nitrogen and oxygen atoms in total.